The molecule has 0 bridgehead atoms. The fraction of sp³-hybridized carbons (Fsp3) is 0.0909. The zero-order valence-electron chi connectivity index (χ0n) is 7.68. The summed E-state index contributed by atoms with van der Waals surface area (Å²) in [6.45, 7) is 0. The number of fused-ring (bicyclic) bond motifs is 1. The molecule has 2 rings (SSSR count). The molecule has 0 aliphatic rings. The van der Waals surface area contributed by atoms with Gasteiger partial charge in [0.1, 0.15) is 0 Å². The fourth-order valence-corrected chi connectivity index (χ4v) is 1.49. The normalized spacial score (nSPS) is 11.7. The van der Waals surface area contributed by atoms with Crippen molar-refractivity contribution >= 4 is 16.5 Å². The van der Waals surface area contributed by atoms with Crippen molar-refractivity contribution in [1.29, 1.82) is 0 Å². The predicted molar refractivity (Wildman–Crippen MR) is 53.6 cm³/mol. The third-order valence-electron chi connectivity index (χ3n) is 2.07. The molecule has 0 unspecified atom stereocenters. The molecule has 0 saturated carbocycles. The number of halogens is 3. The summed E-state index contributed by atoms with van der Waals surface area (Å²) < 4.78 is 36.5. The maximum Gasteiger partial charge on any atom is 0.482 e. The molecule has 0 saturated heterocycles. The van der Waals surface area contributed by atoms with E-state index in [1.807, 2.05) is 0 Å². The van der Waals surface area contributed by atoms with E-state index in [2.05, 4.69) is 0 Å². The molecule has 0 heterocycles. The Labute approximate surface area is 84.5 Å². The highest BCUT2D eigenvalue weighted by atomic mass is 19.4. The van der Waals surface area contributed by atoms with Crippen LogP contribution >= 0.6 is 0 Å². The Hall–Kier alpha value is -1.71. The number of alkyl halides is 3. The van der Waals surface area contributed by atoms with Crippen molar-refractivity contribution in [1.82, 2.24) is 0 Å². The molecule has 4 heteroatoms. The van der Waals surface area contributed by atoms with Crippen LogP contribution in [0.1, 0.15) is 0 Å². The van der Waals surface area contributed by atoms with Crippen LogP contribution in [-0.2, 0) is 0 Å². The van der Waals surface area contributed by atoms with Gasteiger partial charge in [-0.25, -0.2) is 0 Å². The molecule has 78 valence electrons. The van der Waals surface area contributed by atoms with Crippen molar-refractivity contribution in [3.05, 3.63) is 42.5 Å². The number of nitrogens with one attached hydrogen (secondary N) is 1. The third-order valence-corrected chi connectivity index (χ3v) is 2.07. The van der Waals surface area contributed by atoms with E-state index in [1.54, 1.807) is 36.4 Å². The summed E-state index contributed by atoms with van der Waals surface area (Å²) >= 11 is 0. The van der Waals surface area contributed by atoms with E-state index in [-0.39, 0.29) is 5.69 Å². The molecular weight excluding hydrogens is 203 g/mol. The Balaban J connectivity index is 2.52. The molecule has 1 nitrogen and oxygen atoms in total. The first-order valence-corrected chi connectivity index (χ1v) is 4.39. The Bertz CT molecular complexity index is 471. The van der Waals surface area contributed by atoms with Gasteiger partial charge in [-0.15, -0.1) is 0 Å². The largest absolute Gasteiger partial charge is 0.482 e. The van der Waals surface area contributed by atoms with Crippen LogP contribution in [0.15, 0.2) is 42.5 Å². The van der Waals surface area contributed by atoms with Crippen molar-refractivity contribution in [3.63, 3.8) is 0 Å². The maximum absolute atomic E-state index is 12.2. The van der Waals surface area contributed by atoms with Crippen molar-refractivity contribution in [3.8, 4) is 0 Å². The van der Waals surface area contributed by atoms with Gasteiger partial charge < -0.3 is 0 Å². The highest BCUT2D eigenvalue weighted by Gasteiger charge is 2.27. The van der Waals surface area contributed by atoms with E-state index in [1.165, 1.54) is 11.4 Å². The lowest BCUT2D eigenvalue weighted by Gasteiger charge is -2.12. The minimum Gasteiger partial charge on any atom is -0.297 e. The van der Waals surface area contributed by atoms with Crippen molar-refractivity contribution in [2.45, 2.75) is 6.30 Å². The second-order valence-electron chi connectivity index (χ2n) is 3.15. The molecule has 0 radical (unpaired) electrons. The summed E-state index contributed by atoms with van der Waals surface area (Å²) in [5.41, 5.74) is 0.0839. The van der Waals surface area contributed by atoms with Crippen LogP contribution in [-0.4, -0.2) is 6.30 Å². The van der Waals surface area contributed by atoms with E-state index in [4.69, 9.17) is 0 Å². The van der Waals surface area contributed by atoms with Crippen LogP contribution in [0.4, 0.5) is 18.9 Å². The van der Waals surface area contributed by atoms with E-state index in [0.29, 0.717) is 5.39 Å². The summed E-state index contributed by atoms with van der Waals surface area (Å²) in [4.78, 5) is 0. The summed E-state index contributed by atoms with van der Waals surface area (Å²) in [6, 6.07) is 11.7. The zero-order valence-corrected chi connectivity index (χ0v) is 7.68. The van der Waals surface area contributed by atoms with Gasteiger partial charge in [-0.3, -0.25) is 5.32 Å². The molecule has 15 heavy (non-hydrogen) atoms. The Kier molecular flexibility index (Phi) is 2.26. The third kappa shape index (κ3) is 2.21. The average Bonchev–Trinajstić information content (AvgIpc) is 2.16. The van der Waals surface area contributed by atoms with Crippen molar-refractivity contribution in [2.24, 2.45) is 0 Å². The van der Waals surface area contributed by atoms with Gasteiger partial charge in [-0.05, 0) is 11.5 Å². The molecule has 0 aliphatic carbocycles. The van der Waals surface area contributed by atoms with Crippen molar-refractivity contribution < 1.29 is 13.2 Å². The van der Waals surface area contributed by atoms with E-state index in [9.17, 15) is 13.2 Å². The molecule has 2 aromatic carbocycles. The minimum absolute atomic E-state index is 0.0839. The SMILES string of the molecule is FC(F)(F)Nc1cccc2ccccc12. The average molecular weight is 211 g/mol. The van der Waals surface area contributed by atoms with Crippen LogP contribution in [0.25, 0.3) is 10.8 Å². The maximum atomic E-state index is 12.2. The second kappa shape index (κ2) is 3.46. The highest BCUT2D eigenvalue weighted by molar-refractivity contribution is 5.93. The van der Waals surface area contributed by atoms with Crippen LogP contribution in [0.5, 0.6) is 0 Å². The summed E-state index contributed by atoms with van der Waals surface area (Å²) in [5.74, 6) is 0. The van der Waals surface area contributed by atoms with Gasteiger partial charge in [0.2, 0.25) is 0 Å². The van der Waals surface area contributed by atoms with Gasteiger partial charge in [-0.1, -0.05) is 36.4 Å². The predicted octanol–water partition coefficient (Wildman–Crippen LogP) is 3.77. The molecule has 0 amide bonds. The molecule has 0 fully saturated rings. The topological polar surface area (TPSA) is 12.0 Å². The first kappa shape index (κ1) is 9.83. The zero-order chi connectivity index (χ0) is 10.9. The van der Waals surface area contributed by atoms with Gasteiger partial charge >= 0.3 is 6.30 Å². The summed E-state index contributed by atoms with van der Waals surface area (Å²) in [7, 11) is 0. The summed E-state index contributed by atoms with van der Waals surface area (Å²) in [5, 5.41) is 2.88. The van der Waals surface area contributed by atoms with Gasteiger partial charge in [-0.2, -0.15) is 13.2 Å². The first-order chi connectivity index (χ1) is 7.06. The van der Waals surface area contributed by atoms with Crippen LogP contribution in [0.3, 0.4) is 0 Å². The molecule has 0 aliphatic heterocycles. The minimum atomic E-state index is -4.40. The van der Waals surface area contributed by atoms with E-state index < -0.39 is 6.30 Å². The molecular formula is C11H8F3N. The number of benzene rings is 2. The molecule has 2 aromatic rings. The van der Waals surface area contributed by atoms with Gasteiger partial charge in [0, 0.05) is 11.1 Å². The quantitative estimate of drug-likeness (QED) is 0.708. The van der Waals surface area contributed by atoms with Crippen LogP contribution in [0, 0.1) is 0 Å². The Morgan fingerprint density at radius 1 is 0.867 bits per heavy atom. The number of anilines is 1. The van der Waals surface area contributed by atoms with Gasteiger partial charge in [0.25, 0.3) is 0 Å². The number of hydrogen-bond acceptors (Lipinski definition) is 1. The number of hydrogen-bond donors (Lipinski definition) is 1. The molecule has 0 atom stereocenters. The van der Waals surface area contributed by atoms with Gasteiger partial charge in [0.15, 0.2) is 0 Å². The molecule has 0 spiro atoms. The standard InChI is InChI=1S/C11H8F3N/c12-11(13,14)15-10-7-3-5-8-4-1-2-6-9(8)10/h1-7,15H. The van der Waals surface area contributed by atoms with Crippen LogP contribution in [0.2, 0.25) is 0 Å². The van der Waals surface area contributed by atoms with Crippen molar-refractivity contribution in [2.75, 3.05) is 5.32 Å². The lowest BCUT2D eigenvalue weighted by atomic mass is 10.1. The lowest BCUT2D eigenvalue weighted by Crippen LogP contribution is -2.20. The van der Waals surface area contributed by atoms with E-state index in [0.717, 1.165) is 5.39 Å². The highest BCUT2D eigenvalue weighted by Crippen LogP contribution is 2.27. The second-order valence-corrected chi connectivity index (χ2v) is 3.15. The smallest absolute Gasteiger partial charge is 0.297 e. The van der Waals surface area contributed by atoms with Gasteiger partial charge in [0.05, 0.1) is 0 Å². The number of rotatable bonds is 1. The molecule has 1 N–H and O–H groups in total. The Morgan fingerprint density at radius 2 is 1.53 bits per heavy atom. The Morgan fingerprint density at radius 3 is 2.27 bits per heavy atom. The lowest BCUT2D eigenvalue weighted by molar-refractivity contribution is -0.0998. The van der Waals surface area contributed by atoms with Crippen LogP contribution < -0.4 is 5.32 Å². The van der Waals surface area contributed by atoms with E-state index >= 15 is 0 Å². The first-order valence-electron chi connectivity index (χ1n) is 4.39. The monoisotopic (exact) mass is 211 g/mol. The molecule has 0 aromatic heterocycles. The fourth-order valence-electron chi connectivity index (χ4n) is 1.49. The summed E-state index contributed by atoms with van der Waals surface area (Å²) in [6.07, 6.45) is -4.40.